The lowest BCUT2D eigenvalue weighted by molar-refractivity contribution is -0.141. The normalized spacial score (nSPS) is 9.75. The van der Waals surface area contributed by atoms with Gasteiger partial charge in [-0.25, -0.2) is 0 Å². The van der Waals surface area contributed by atoms with E-state index in [1.165, 1.54) is 7.11 Å². The van der Waals surface area contributed by atoms with E-state index in [0.29, 0.717) is 19.6 Å². The van der Waals surface area contributed by atoms with E-state index in [2.05, 4.69) is 16.8 Å². The van der Waals surface area contributed by atoms with Crippen LogP contribution in [0.2, 0.25) is 0 Å². The molecule has 148 valence electrons. The highest BCUT2D eigenvalue weighted by Gasteiger charge is 1.98. The Bertz CT molecular complexity index is 744. The number of carbonyl (C=O) groups excluding carboxylic acids is 1. The van der Waals surface area contributed by atoms with Crippen LogP contribution in [0.1, 0.15) is 24.8 Å². The van der Waals surface area contributed by atoms with Crippen molar-refractivity contribution in [1.82, 2.24) is 0 Å². The summed E-state index contributed by atoms with van der Waals surface area (Å²) < 4.78 is 21.0. The number of hydrogen-bond acceptors (Lipinski definition) is 5. The lowest BCUT2D eigenvalue weighted by atomic mass is 10.1. The molecule has 2 rings (SSSR count). The molecule has 0 saturated heterocycles. The molecule has 0 bridgehead atoms. The molecule has 0 aliphatic carbocycles. The third-order valence-corrected chi connectivity index (χ3v) is 3.82. The van der Waals surface area contributed by atoms with Crippen molar-refractivity contribution in [3.05, 3.63) is 60.2 Å². The predicted molar refractivity (Wildman–Crippen MR) is 107 cm³/mol. The average Bonchev–Trinajstić information content (AvgIpc) is 2.74. The Kier molecular flexibility index (Phi) is 9.91. The van der Waals surface area contributed by atoms with Crippen molar-refractivity contribution in [2.45, 2.75) is 25.7 Å². The zero-order valence-electron chi connectivity index (χ0n) is 16.2. The third-order valence-electron chi connectivity index (χ3n) is 3.82. The van der Waals surface area contributed by atoms with Crippen LogP contribution in [0, 0.1) is 12.0 Å². The van der Waals surface area contributed by atoms with E-state index in [1.54, 1.807) is 0 Å². The molecule has 0 radical (unpaired) electrons. The van der Waals surface area contributed by atoms with Crippen molar-refractivity contribution >= 4 is 5.97 Å². The summed E-state index contributed by atoms with van der Waals surface area (Å²) in [5, 5.41) is 0. The molecule has 28 heavy (non-hydrogen) atoms. The molecule has 2 aromatic carbocycles. The second-order valence-electron chi connectivity index (χ2n) is 5.99. The maximum atomic E-state index is 10.9. The van der Waals surface area contributed by atoms with Gasteiger partial charge >= 0.3 is 5.97 Å². The highest BCUT2D eigenvalue weighted by atomic mass is 16.5. The summed E-state index contributed by atoms with van der Waals surface area (Å²) in [6.07, 6.45) is 5.25. The van der Waals surface area contributed by atoms with Crippen molar-refractivity contribution in [1.29, 1.82) is 0 Å². The van der Waals surface area contributed by atoms with Gasteiger partial charge in [-0.3, -0.25) is 4.79 Å². The zero-order chi connectivity index (χ0) is 19.9. The van der Waals surface area contributed by atoms with Crippen LogP contribution in [0.4, 0.5) is 0 Å². The maximum Gasteiger partial charge on any atom is 0.309 e. The van der Waals surface area contributed by atoms with Gasteiger partial charge in [-0.15, -0.1) is 0 Å². The summed E-state index contributed by atoms with van der Waals surface area (Å²) in [7, 11) is 1.35. The Labute approximate surface area is 166 Å². The largest absolute Gasteiger partial charge is 0.494 e. The first-order valence-corrected chi connectivity index (χ1v) is 9.34. The first-order valence-electron chi connectivity index (χ1n) is 9.34. The summed E-state index contributed by atoms with van der Waals surface area (Å²) in [5.74, 6) is 4.35. The number of esters is 1. The van der Waals surface area contributed by atoms with Crippen LogP contribution in [0.15, 0.2) is 54.6 Å². The molecular weight excluding hydrogens is 356 g/mol. The maximum absolute atomic E-state index is 10.9. The van der Waals surface area contributed by atoms with Gasteiger partial charge < -0.3 is 18.9 Å². The Hall–Kier alpha value is -3.13. The van der Waals surface area contributed by atoms with E-state index in [9.17, 15) is 4.79 Å². The number of hydrogen-bond donors (Lipinski definition) is 0. The fourth-order valence-electron chi connectivity index (χ4n) is 2.28. The smallest absolute Gasteiger partial charge is 0.309 e. The summed E-state index contributed by atoms with van der Waals surface area (Å²) >= 11 is 0. The molecule has 0 fully saturated rings. The molecule has 0 heterocycles. The van der Waals surface area contributed by atoms with Gasteiger partial charge in [-0.05, 0) is 42.7 Å². The van der Waals surface area contributed by atoms with Crippen molar-refractivity contribution in [3.8, 4) is 23.5 Å². The fourth-order valence-corrected chi connectivity index (χ4v) is 2.28. The molecule has 0 atom stereocenters. The quantitative estimate of drug-likeness (QED) is 0.334. The molecule has 0 unspecified atom stereocenters. The number of rotatable bonds is 11. The van der Waals surface area contributed by atoms with Crippen molar-refractivity contribution in [2.24, 2.45) is 0 Å². The molecule has 0 aliphatic heterocycles. The van der Waals surface area contributed by atoms with E-state index >= 15 is 0 Å². The Morgan fingerprint density at radius 3 is 2.14 bits per heavy atom. The van der Waals surface area contributed by atoms with Crippen LogP contribution in [0.25, 0.3) is 0 Å². The van der Waals surface area contributed by atoms with E-state index in [1.807, 2.05) is 54.6 Å². The molecule has 0 aromatic heterocycles. The van der Waals surface area contributed by atoms with Crippen molar-refractivity contribution < 1.29 is 23.7 Å². The molecular formula is C23H26O5. The van der Waals surface area contributed by atoms with Crippen LogP contribution in [-0.4, -0.2) is 32.9 Å². The van der Waals surface area contributed by atoms with Gasteiger partial charge in [0.05, 0.1) is 26.7 Å². The monoisotopic (exact) mass is 382 g/mol. The Morgan fingerprint density at radius 2 is 1.50 bits per heavy atom. The van der Waals surface area contributed by atoms with Crippen LogP contribution < -0.4 is 9.47 Å². The van der Waals surface area contributed by atoms with Crippen LogP contribution in [-0.2, 0) is 20.7 Å². The topological polar surface area (TPSA) is 54.0 Å². The van der Waals surface area contributed by atoms with Crippen molar-refractivity contribution in [3.63, 3.8) is 0 Å². The van der Waals surface area contributed by atoms with E-state index in [0.717, 1.165) is 29.9 Å². The number of methoxy groups -OCH3 is 1. The van der Waals surface area contributed by atoms with Crippen LogP contribution >= 0.6 is 0 Å². The average molecular weight is 382 g/mol. The molecule has 0 N–H and O–H groups in total. The van der Waals surface area contributed by atoms with Gasteiger partial charge in [0, 0.05) is 6.42 Å². The minimum absolute atomic E-state index is 0.204. The minimum atomic E-state index is -0.305. The number of ether oxygens (including phenoxy) is 4. The van der Waals surface area contributed by atoms with E-state index in [-0.39, 0.29) is 19.0 Å². The third kappa shape index (κ3) is 9.00. The summed E-state index contributed by atoms with van der Waals surface area (Å²) in [4.78, 5) is 10.9. The van der Waals surface area contributed by atoms with Crippen LogP contribution in [0.3, 0.4) is 0 Å². The SMILES string of the molecule is COC(=O)CCOC#CCc1ccc(OCCCCOc2ccccc2)cc1. The van der Waals surface area contributed by atoms with Crippen LogP contribution in [0.5, 0.6) is 11.5 Å². The fraction of sp³-hybridized carbons (Fsp3) is 0.348. The van der Waals surface area contributed by atoms with Gasteiger partial charge in [-0.2, -0.15) is 0 Å². The lowest BCUT2D eigenvalue weighted by Gasteiger charge is -2.08. The standard InChI is InChI=1S/C23H26O5/c1-25-23(24)15-19-26-16-7-8-20-11-13-22(14-12-20)28-18-6-5-17-27-21-9-3-2-4-10-21/h2-4,9-14H,5-6,8,15,17-19H2,1H3. The summed E-state index contributed by atoms with van der Waals surface area (Å²) in [6, 6.07) is 17.7. The van der Waals surface area contributed by atoms with Gasteiger partial charge in [0.15, 0.2) is 0 Å². The van der Waals surface area contributed by atoms with E-state index in [4.69, 9.17) is 14.2 Å². The van der Waals surface area contributed by atoms with Gasteiger partial charge in [0.2, 0.25) is 0 Å². The molecule has 0 aliphatic rings. The highest BCUT2D eigenvalue weighted by molar-refractivity contribution is 5.69. The first-order chi connectivity index (χ1) is 13.8. The first kappa shape index (κ1) is 21.2. The van der Waals surface area contributed by atoms with Gasteiger partial charge in [0.25, 0.3) is 0 Å². The molecule has 0 amide bonds. The minimum Gasteiger partial charge on any atom is -0.494 e. The predicted octanol–water partition coefficient (Wildman–Crippen LogP) is 4.01. The number of carbonyl (C=O) groups is 1. The molecule has 2 aromatic rings. The molecule has 0 spiro atoms. The molecule has 0 saturated carbocycles. The van der Waals surface area contributed by atoms with Gasteiger partial charge in [0.1, 0.15) is 24.2 Å². The molecule has 5 nitrogen and oxygen atoms in total. The number of para-hydroxylation sites is 1. The summed E-state index contributed by atoms with van der Waals surface area (Å²) in [6.45, 7) is 1.58. The van der Waals surface area contributed by atoms with E-state index < -0.39 is 0 Å². The summed E-state index contributed by atoms with van der Waals surface area (Å²) in [5.41, 5.74) is 1.08. The Balaban J connectivity index is 1.55. The molecule has 5 heteroatoms. The van der Waals surface area contributed by atoms with Gasteiger partial charge in [-0.1, -0.05) is 36.3 Å². The highest BCUT2D eigenvalue weighted by Crippen LogP contribution is 2.13. The second kappa shape index (κ2) is 13.1. The Morgan fingerprint density at radius 1 is 0.857 bits per heavy atom. The number of unbranched alkanes of at least 4 members (excludes halogenated alkanes) is 1. The lowest BCUT2D eigenvalue weighted by Crippen LogP contribution is -2.03. The number of benzene rings is 2. The van der Waals surface area contributed by atoms with Crippen molar-refractivity contribution in [2.75, 3.05) is 26.9 Å². The second-order valence-corrected chi connectivity index (χ2v) is 5.99. The zero-order valence-corrected chi connectivity index (χ0v) is 16.2.